The molecule has 1 aromatic heterocycles. The average Bonchev–Trinajstić information content (AvgIpc) is 3.04. The molecule has 0 spiro atoms. The van der Waals surface area contributed by atoms with Crippen LogP contribution in [0.15, 0.2) is 34.6 Å². The Balaban J connectivity index is 1.77. The van der Waals surface area contributed by atoms with Crippen molar-refractivity contribution in [1.29, 1.82) is 0 Å². The number of nitrogens with zero attached hydrogens (tertiary/aromatic N) is 3. The molecule has 0 saturated heterocycles. The van der Waals surface area contributed by atoms with Gasteiger partial charge in [-0.3, -0.25) is 4.99 Å². The summed E-state index contributed by atoms with van der Waals surface area (Å²) in [5, 5.41) is 9.61. The first kappa shape index (κ1) is 19.1. The molecular formula is C18H27N5OS. The summed E-state index contributed by atoms with van der Waals surface area (Å²) in [6.45, 7) is 5.39. The zero-order chi connectivity index (χ0) is 18.2. The number of guanidine groups is 1. The molecule has 2 rings (SSSR count). The summed E-state index contributed by atoms with van der Waals surface area (Å²) in [6, 6.07) is 8.07. The SMILES string of the molecule is CN=C(NCc1csc(N(C)C)n1)NCC(C)Oc1cccc(C)c1. The maximum absolute atomic E-state index is 5.92. The van der Waals surface area contributed by atoms with Gasteiger partial charge in [0.05, 0.1) is 18.8 Å². The first-order chi connectivity index (χ1) is 12.0. The van der Waals surface area contributed by atoms with E-state index in [2.05, 4.69) is 39.0 Å². The van der Waals surface area contributed by atoms with Crippen LogP contribution in [0.3, 0.4) is 0 Å². The van der Waals surface area contributed by atoms with E-state index in [-0.39, 0.29) is 6.10 Å². The molecule has 1 heterocycles. The van der Waals surface area contributed by atoms with Crippen molar-refractivity contribution < 1.29 is 4.74 Å². The fourth-order valence-electron chi connectivity index (χ4n) is 2.18. The van der Waals surface area contributed by atoms with Crippen molar-refractivity contribution in [2.45, 2.75) is 26.5 Å². The molecule has 0 saturated carbocycles. The lowest BCUT2D eigenvalue weighted by Gasteiger charge is -2.17. The monoisotopic (exact) mass is 361 g/mol. The van der Waals surface area contributed by atoms with Crippen LogP contribution in [0, 0.1) is 6.92 Å². The molecule has 0 bridgehead atoms. The summed E-state index contributed by atoms with van der Waals surface area (Å²) >= 11 is 1.63. The lowest BCUT2D eigenvalue weighted by Crippen LogP contribution is -2.41. The van der Waals surface area contributed by atoms with E-state index >= 15 is 0 Å². The number of benzene rings is 1. The van der Waals surface area contributed by atoms with Gasteiger partial charge in [0.25, 0.3) is 0 Å². The molecule has 2 aromatic rings. The standard InChI is InChI=1S/C18H27N5OS/c1-13-7-6-8-16(9-13)24-14(2)10-20-17(19-3)21-11-15-12-25-18(22-15)23(4)5/h6-9,12,14H,10-11H2,1-5H3,(H2,19,20,21). The van der Waals surface area contributed by atoms with E-state index in [4.69, 9.17) is 4.74 Å². The molecule has 25 heavy (non-hydrogen) atoms. The number of aliphatic imine (C=N–C) groups is 1. The molecule has 2 N–H and O–H groups in total. The van der Waals surface area contributed by atoms with Gasteiger partial charge in [0.1, 0.15) is 11.9 Å². The Bertz CT molecular complexity index is 698. The predicted octanol–water partition coefficient (Wildman–Crippen LogP) is 2.65. The van der Waals surface area contributed by atoms with Crippen molar-refractivity contribution in [3.05, 3.63) is 40.9 Å². The molecular weight excluding hydrogens is 334 g/mol. The maximum atomic E-state index is 5.92. The fraction of sp³-hybridized carbons (Fsp3) is 0.444. The summed E-state index contributed by atoms with van der Waals surface area (Å²) in [5.41, 5.74) is 2.19. The lowest BCUT2D eigenvalue weighted by molar-refractivity contribution is 0.223. The van der Waals surface area contributed by atoms with E-state index in [1.54, 1.807) is 18.4 Å². The highest BCUT2D eigenvalue weighted by Gasteiger charge is 2.07. The molecule has 0 aliphatic rings. The zero-order valence-electron chi connectivity index (χ0n) is 15.5. The van der Waals surface area contributed by atoms with E-state index in [1.165, 1.54) is 5.56 Å². The molecule has 0 fully saturated rings. The van der Waals surface area contributed by atoms with Gasteiger partial charge in [0.2, 0.25) is 0 Å². The number of aromatic nitrogens is 1. The van der Waals surface area contributed by atoms with Gasteiger partial charge in [-0.05, 0) is 31.5 Å². The van der Waals surface area contributed by atoms with Crippen molar-refractivity contribution >= 4 is 22.4 Å². The summed E-state index contributed by atoms with van der Waals surface area (Å²) in [5.74, 6) is 1.62. The molecule has 136 valence electrons. The van der Waals surface area contributed by atoms with Crippen LogP contribution in [-0.2, 0) is 6.54 Å². The molecule has 1 atom stereocenters. The number of anilines is 1. The van der Waals surface area contributed by atoms with E-state index in [0.29, 0.717) is 13.1 Å². The van der Waals surface area contributed by atoms with Crippen molar-refractivity contribution in [3.8, 4) is 5.75 Å². The van der Waals surface area contributed by atoms with Crippen molar-refractivity contribution in [2.75, 3.05) is 32.6 Å². The third-order valence-electron chi connectivity index (χ3n) is 3.47. The minimum absolute atomic E-state index is 0.0277. The fourth-order valence-corrected chi connectivity index (χ4v) is 2.94. The molecule has 6 nitrogen and oxygen atoms in total. The third kappa shape index (κ3) is 6.26. The topological polar surface area (TPSA) is 61.8 Å². The van der Waals surface area contributed by atoms with Crippen molar-refractivity contribution in [1.82, 2.24) is 15.6 Å². The molecule has 0 amide bonds. The van der Waals surface area contributed by atoms with Crippen LogP contribution >= 0.6 is 11.3 Å². The second-order valence-corrected chi connectivity index (χ2v) is 6.90. The first-order valence-corrected chi connectivity index (χ1v) is 9.15. The number of aryl methyl sites for hydroxylation is 1. The molecule has 0 aliphatic heterocycles. The number of nitrogens with one attached hydrogen (secondary N) is 2. The molecule has 7 heteroatoms. The molecule has 0 aliphatic carbocycles. The van der Waals surface area contributed by atoms with Gasteiger partial charge in [0, 0.05) is 26.5 Å². The Hall–Kier alpha value is -2.28. The zero-order valence-corrected chi connectivity index (χ0v) is 16.4. The van der Waals surface area contributed by atoms with Crippen LogP contribution < -0.4 is 20.3 Å². The normalized spacial score (nSPS) is 12.6. The predicted molar refractivity (Wildman–Crippen MR) is 106 cm³/mol. The Labute approximate surface area is 154 Å². The highest BCUT2D eigenvalue weighted by molar-refractivity contribution is 7.13. The van der Waals surface area contributed by atoms with E-state index in [1.807, 2.05) is 44.1 Å². The second-order valence-electron chi connectivity index (χ2n) is 6.07. The van der Waals surface area contributed by atoms with Crippen LogP contribution in [0.1, 0.15) is 18.2 Å². The van der Waals surface area contributed by atoms with Crippen LogP contribution in [0.5, 0.6) is 5.75 Å². The van der Waals surface area contributed by atoms with Crippen LogP contribution in [0.2, 0.25) is 0 Å². The number of hydrogen-bond acceptors (Lipinski definition) is 5. The highest BCUT2D eigenvalue weighted by Crippen LogP contribution is 2.17. The number of rotatable bonds is 7. The van der Waals surface area contributed by atoms with Gasteiger partial charge in [-0.1, -0.05) is 12.1 Å². The Morgan fingerprint density at radius 1 is 1.36 bits per heavy atom. The Kier molecular flexibility index (Phi) is 7.06. The number of ether oxygens (including phenoxy) is 1. The smallest absolute Gasteiger partial charge is 0.191 e. The lowest BCUT2D eigenvalue weighted by atomic mass is 10.2. The minimum Gasteiger partial charge on any atom is -0.489 e. The highest BCUT2D eigenvalue weighted by atomic mass is 32.1. The molecule has 1 unspecified atom stereocenters. The van der Waals surface area contributed by atoms with Crippen LogP contribution in [0.4, 0.5) is 5.13 Å². The summed E-state index contributed by atoms with van der Waals surface area (Å²) in [6.07, 6.45) is 0.0277. The van der Waals surface area contributed by atoms with Gasteiger partial charge >= 0.3 is 0 Å². The third-order valence-corrected chi connectivity index (χ3v) is 4.52. The number of thiazole rings is 1. The van der Waals surface area contributed by atoms with Gasteiger partial charge in [-0.15, -0.1) is 11.3 Å². The van der Waals surface area contributed by atoms with Crippen LogP contribution in [0.25, 0.3) is 0 Å². The van der Waals surface area contributed by atoms with Crippen LogP contribution in [-0.4, -0.2) is 44.7 Å². The van der Waals surface area contributed by atoms with Gasteiger partial charge < -0.3 is 20.3 Å². The molecule has 0 radical (unpaired) electrons. The summed E-state index contributed by atoms with van der Waals surface area (Å²) < 4.78 is 5.92. The van der Waals surface area contributed by atoms with Gasteiger partial charge in [0.15, 0.2) is 11.1 Å². The second kappa shape index (κ2) is 9.27. The van der Waals surface area contributed by atoms with Gasteiger partial charge in [-0.2, -0.15) is 0 Å². The molecule has 1 aromatic carbocycles. The van der Waals surface area contributed by atoms with Crippen molar-refractivity contribution in [3.63, 3.8) is 0 Å². The van der Waals surface area contributed by atoms with E-state index in [9.17, 15) is 0 Å². The van der Waals surface area contributed by atoms with E-state index in [0.717, 1.165) is 22.5 Å². The Morgan fingerprint density at radius 3 is 2.80 bits per heavy atom. The number of hydrogen-bond donors (Lipinski definition) is 2. The van der Waals surface area contributed by atoms with Crippen molar-refractivity contribution in [2.24, 2.45) is 4.99 Å². The largest absolute Gasteiger partial charge is 0.489 e. The maximum Gasteiger partial charge on any atom is 0.191 e. The summed E-state index contributed by atoms with van der Waals surface area (Å²) in [7, 11) is 5.74. The Morgan fingerprint density at radius 2 is 2.16 bits per heavy atom. The first-order valence-electron chi connectivity index (χ1n) is 8.27. The average molecular weight is 362 g/mol. The minimum atomic E-state index is 0.0277. The summed E-state index contributed by atoms with van der Waals surface area (Å²) in [4.78, 5) is 10.8. The quantitative estimate of drug-likeness (QED) is 0.586. The van der Waals surface area contributed by atoms with E-state index < -0.39 is 0 Å². The van der Waals surface area contributed by atoms with Gasteiger partial charge in [-0.25, -0.2) is 4.98 Å².